The van der Waals surface area contributed by atoms with Crippen LogP contribution in [0, 0.1) is 0 Å². The van der Waals surface area contributed by atoms with Gasteiger partial charge in [-0.05, 0) is 55.5 Å². The lowest BCUT2D eigenvalue weighted by Gasteiger charge is -2.30. The van der Waals surface area contributed by atoms with Crippen LogP contribution in [-0.4, -0.2) is 48.4 Å². The number of hydrogen-bond acceptors (Lipinski definition) is 7. The van der Waals surface area contributed by atoms with Gasteiger partial charge in [0.25, 0.3) is 0 Å². The van der Waals surface area contributed by atoms with E-state index in [-0.39, 0.29) is 5.75 Å². The van der Waals surface area contributed by atoms with E-state index in [4.69, 9.17) is 14.7 Å². The fourth-order valence-corrected chi connectivity index (χ4v) is 4.18. The maximum absolute atomic E-state index is 9.74. The summed E-state index contributed by atoms with van der Waals surface area (Å²) in [6, 6.07) is 14.5. The van der Waals surface area contributed by atoms with Crippen LogP contribution in [0.25, 0.3) is 10.9 Å². The molecule has 164 valence electrons. The van der Waals surface area contributed by atoms with E-state index >= 15 is 0 Å². The number of phenolic OH excluding ortho intramolecular Hbond substituents is 1. The van der Waals surface area contributed by atoms with Gasteiger partial charge in [-0.15, -0.1) is 0 Å². The highest BCUT2D eigenvalue weighted by Crippen LogP contribution is 2.28. The molecular formula is C24H31N5O2. The summed E-state index contributed by atoms with van der Waals surface area (Å²) < 4.78 is 5.20. The van der Waals surface area contributed by atoms with Gasteiger partial charge in [-0.25, -0.2) is 4.98 Å². The molecule has 0 amide bonds. The van der Waals surface area contributed by atoms with Crippen LogP contribution in [0.5, 0.6) is 11.5 Å². The van der Waals surface area contributed by atoms with Crippen molar-refractivity contribution in [3.63, 3.8) is 0 Å². The van der Waals surface area contributed by atoms with Crippen LogP contribution >= 0.6 is 0 Å². The van der Waals surface area contributed by atoms with Crippen LogP contribution in [-0.2, 0) is 6.54 Å². The lowest BCUT2D eigenvalue weighted by atomic mass is 9.91. The van der Waals surface area contributed by atoms with Crippen molar-refractivity contribution in [3.8, 4) is 11.5 Å². The number of ether oxygens (including phenoxy) is 1. The van der Waals surface area contributed by atoms with Crippen molar-refractivity contribution >= 4 is 22.7 Å². The van der Waals surface area contributed by atoms with Gasteiger partial charge in [-0.2, -0.15) is 4.98 Å². The third-order valence-corrected chi connectivity index (χ3v) is 5.91. The molecule has 4 rings (SSSR count). The van der Waals surface area contributed by atoms with Gasteiger partial charge in [0.2, 0.25) is 5.95 Å². The van der Waals surface area contributed by atoms with Crippen LogP contribution in [0.3, 0.4) is 0 Å². The fourth-order valence-electron chi connectivity index (χ4n) is 4.18. The van der Waals surface area contributed by atoms with Gasteiger partial charge >= 0.3 is 0 Å². The van der Waals surface area contributed by atoms with Gasteiger partial charge in [-0.1, -0.05) is 18.2 Å². The number of anilines is 2. The van der Waals surface area contributed by atoms with Crippen molar-refractivity contribution in [1.29, 1.82) is 0 Å². The number of phenols is 1. The molecule has 0 spiro atoms. The molecule has 3 N–H and O–H groups in total. The minimum atomic E-state index is 0.172. The first-order valence-electron chi connectivity index (χ1n) is 10.8. The highest BCUT2D eigenvalue weighted by atomic mass is 16.5. The average molecular weight is 422 g/mol. The molecule has 1 fully saturated rings. The second kappa shape index (κ2) is 9.39. The van der Waals surface area contributed by atoms with Gasteiger partial charge in [0.1, 0.15) is 5.82 Å². The Morgan fingerprint density at radius 3 is 2.52 bits per heavy atom. The van der Waals surface area contributed by atoms with Crippen LogP contribution < -0.4 is 20.3 Å². The standard InChI is InChI=1S/C24H31N5O2/c1-29(2)23-19-6-4-5-7-20(19)27-24(28-23)26-18-11-9-17(10-12-18)25-15-16-8-13-21(30)22(14-16)31-3/h4-8,13-14,17-18,25,30H,9-12,15H2,1-3H3,(H,26,27,28). The van der Waals surface area contributed by atoms with Crippen molar-refractivity contribution in [3.05, 3.63) is 48.0 Å². The summed E-state index contributed by atoms with van der Waals surface area (Å²) in [5.41, 5.74) is 2.07. The smallest absolute Gasteiger partial charge is 0.225 e. The zero-order chi connectivity index (χ0) is 21.8. The Balaban J connectivity index is 1.33. The van der Waals surface area contributed by atoms with E-state index in [2.05, 4.69) is 16.7 Å². The number of nitrogens with one attached hydrogen (secondary N) is 2. The van der Waals surface area contributed by atoms with Crippen molar-refractivity contribution in [2.45, 2.75) is 44.3 Å². The van der Waals surface area contributed by atoms with Crippen molar-refractivity contribution in [1.82, 2.24) is 15.3 Å². The topological polar surface area (TPSA) is 82.5 Å². The van der Waals surface area contributed by atoms with Crippen molar-refractivity contribution in [2.24, 2.45) is 0 Å². The van der Waals surface area contributed by atoms with E-state index in [0.717, 1.165) is 54.5 Å². The maximum Gasteiger partial charge on any atom is 0.225 e. The monoisotopic (exact) mass is 421 g/mol. The lowest BCUT2D eigenvalue weighted by Crippen LogP contribution is -2.37. The third kappa shape index (κ3) is 4.99. The SMILES string of the molecule is COc1cc(CNC2CCC(Nc3nc(N(C)C)c4ccccc4n3)CC2)ccc1O. The first kappa shape index (κ1) is 21.2. The number of aromatic nitrogens is 2. The molecule has 1 heterocycles. The maximum atomic E-state index is 9.74. The minimum Gasteiger partial charge on any atom is -0.504 e. The van der Waals surface area contributed by atoms with E-state index in [9.17, 15) is 5.11 Å². The number of para-hydroxylation sites is 1. The zero-order valence-corrected chi connectivity index (χ0v) is 18.4. The van der Waals surface area contributed by atoms with Crippen LogP contribution in [0.1, 0.15) is 31.2 Å². The Kier molecular flexibility index (Phi) is 6.42. The van der Waals surface area contributed by atoms with Gasteiger partial charge < -0.3 is 25.4 Å². The first-order chi connectivity index (χ1) is 15.0. The average Bonchev–Trinajstić information content (AvgIpc) is 2.79. The molecule has 1 aromatic heterocycles. The van der Waals surface area contributed by atoms with Crippen molar-refractivity contribution < 1.29 is 9.84 Å². The van der Waals surface area contributed by atoms with Gasteiger partial charge in [0.15, 0.2) is 11.5 Å². The molecule has 0 saturated heterocycles. The molecule has 7 nitrogen and oxygen atoms in total. The quantitative estimate of drug-likeness (QED) is 0.533. The van der Waals surface area contributed by atoms with Gasteiger partial charge in [0, 0.05) is 38.1 Å². The Morgan fingerprint density at radius 2 is 1.77 bits per heavy atom. The summed E-state index contributed by atoms with van der Waals surface area (Å²) in [6.07, 6.45) is 4.34. The molecule has 1 aliphatic rings. The first-order valence-corrected chi connectivity index (χ1v) is 10.8. The number of hydrogen-bond donors (Lipinski definition) is 3. The molecule has 0 atom stereocenters. The van der Waals surface area contributed by atoms with E-state index < -0.39 is 0 Å². The van der Waals surface area contributed by atoms with E-state index in [1.54, 1.807) is 13.2 Å². The number of rotatable bonds is 7. The second-order valence-corrected chi connectivity index (χ2v) is 8.36. The van der Waals surface area contributed by atoms with Crippen LogP contribution in [0.15, 0.2) is 42.5 Å². The number of benzene rings is 2. The lowest BCUT2D eigenvalue weighted by molar-refractivity contribution is 0.350. The molecule has 1 aliphatic carbocycles. The Morgan fingerprint density at radius 1 is 1.03 bits per heavy atom. The summed E-state index contributed by atoms with van der Waals surface area (Å²) in [7, 11) is 5.60. The second-order valence-electron chi connectivity index (χ2n) is 8.36. The Labute approximate surface area is 183 Å². The van der Waals surface area contributed by atoms with E-state index in [0.29, 0.717) is 23.8 Å². The molecular weight excluding hydrogens is 390 g/mol. The molecule has 0 unspecified atom stereocenters. The molecule has 31 heavy (non-hydrogen) atoms. The normalized spacial score (nSPS) is 18.7. The summed E-state index contributed by atoms with van der Waals surface area (Å²) >= 11 is 0. The van der Waals surface area contributed by atoms with Gasteiger partial charge in [0.05, 0.1) is 12.6 Å². The predicted molar refractivity (Wildman–Crippen MR) is 125 cm³/mol. The highest BCUT2D eigenvalue weighted by Gasteiger charge is 2.22. The van der Waals surface area contributed by atoms with Crippen LogP contribution in [0.2, 0.25) is 0 Å². The number of methoxy groups -OCH3 is 1. The highest BCUT2D eigenvalue weighted by molar-refractivity contribution is 5.90. The predicted octanol–water partition coefficient (Wildman–Crippen LogP) is 3.92. The number of fused-ring (bicyclic) bond motifs is 1. The molecule has 3 aromatic rings. The number of aromatic hydroxyl groups is 1. The summed E-state index contributed by atoms with van der Waals surface area (Å²) in [5.74, 6) is 2.33. The summed E-state index contributed by atoms with van der Waals surface area (Å²) in [5, 5.41) is 18.0. The molecule has 0 aliphatic heterocycles. The summed E-state index contributed by atoms with van der Waals surface area (Å²) in [4.78, 5) is 11.5. The molecule has 1 saturated carbocycles. The van der Waals surface area contributed by atoms with Crippen molar-refractivity contribution in [2.75, 3.05) is 31.4 Å². The van der Waals surface area contributed by atoms with Gasteiger partial charge in [-0.3, -0.25) is 0 Å². The Bertz CT molecular complexity index is 1030. The molecule has 0 bridgehead atoms. The van der Waals surface area contributed by atoms with E-state index in [1.807, 2.05) is 49.3 Å². The molecule has 7 heteroatoms. The Hall–Kier alpha value is -3.06. The zero-order valence-electron chi connectivity index (χ0n) is 18.4. The largest absolute Gasteiger partial charge is 0.504 e. The molecule has 0 radical (unpaired) electrons. The summed E-state index contributed by atoms with van der Waals surface area (Å²) in [6.45, 7) is 0.763. The van der Waals surface area contributed by atoms with Crippen LogP contribution in [0.4, 0.5) is 11.8 Å². The minimum absolute atomic E-state index is 0.172. The molecule has 2 aromatic carbocycles. The number of nitrogens with zero attached hydrogens (tertiary/aromatic N) is 3. The third-order valence-electron chi connectivity index (χ3n) is 5.91. The fraction of sp³-hybridized carbons (Fsp3) is 0.417. The van der Waals surface area contributed by atoms with E-state index in [1.165, 1.54) is 0 Å².